The summed E-state index contributed by atoms with van der Waals surface area (Å²) in [6.07, 6.45) is 7.57. The summed E-state index contributed by atoms with van der Waals surface area (Å²) in [6.45, 7) is 0.787. The summed E-state index contributed by atoms with van der Waals surface area (Å²) in [5.41, 5.74) is 3.28. The van der Waals surface area contributed by atoms with Crippen LogP contribution in [0.2, 0.25) is 0 Å². The SMILES string of the molecule is O=C(NCCCCCCCCOc1ccc(Cc2nc3c(Cc4ccccc4)[nH]c(-c4ccc(O)cc4)cn-3c2=O)cc1F)c1cc2ccc(O)cc2oc1=O. The van der Waals surface area contributed by atoms with Crippen molar-refractivity contribution in [3.8, 4) is 34.3 Å². The molecule has 0 fully saturated rings. The van der Waals surface area contributed by atoms with Crippen molar-refractivity contribution in [1.29, 1.82) is 0 Å². The number of unbranched alkanes of at least 4 members (excludes halogenated alkanes) is 5. The predicted octanol–water partition coefficient (Wildman–Crippen LogP) is 7.65. The van der Waals surface area contributed by atoms with Gasteiger partial charge in [-0.3, -0.25) is 14.2 Å². The third-order valence-corrected chi connectivity index (χ3v) is 9.60. The van der Waals surface area contributed by atoms with Crippen LogP contribution in [0.3, 0.4) is 0 Å². The first-order chi connectivity index (χ1) is 27.2. The maximum atomic E-state index is 15.1. The minimum atomic E-state index is -0.755. The molecule has 2 aliphatic rings. The van der Waals surface area contributed by atoms with E-state index in [1.807, 2.05) is 30.3 Å². The van der Waals surface area contributed by atoms with Crippen LogP contribution in [0, 0.1) is 5.82 Å². The zero-order valence-electron chi connectivity index (χ0n) is 30.6. The lowest BCUT2D eigenvalue weighted by atomic mass is 10.1. The molecule has 4 N–H and O–H groups in total. The summed E-state index contributed by atoms with van der Waals surface area (Å²) in [7, 11) is 0. The molecule has 11 nitrogen and oxygen atoms in total. The monoisotopic (exact) mass is 756 g/mol. The van der Waals surface area contributed by atoms with Gasteiger partial charge in [0.15, 0.2) is 17.4 Å². The van der Waals surface area contributed by atoms with Crippen molar-refractivity contribution in [2.45, 2.75) is 51.4 Å². The maximum absolute atomic E-state index is 15.1. The number of nitrogens with zero attached hydrogens (tertiary/aromatic N) is 2. The number of ether oxygens (including phenoxy) is 1. The molecule has 0 saturated heterocycles. The number of aromatic nitrogens is 3. The molecule has 5 aromatic rings. The third-order valence-electron chi connectivity index (χ3n) is 9.60. The van der Waals surface area contributed by atoms with Crippen LogP contribution in [0.15, 0.2) is 117 Å². The van der Waals surface area contributed by atoms with Gasteiger partial charge >= 0.3 is 5.63 Å². The molecule has 1 aromatic heterocycles. The minimum absolute atomic E-state index is 0.0282. The normalized spacial score (nSPS) is 11.3. The number of halogens is 1. The smallest absolute Gasteiger partial charge is 0.349 e. The van der Waals surface area contributed by atoms with Crippen LogP contribution in [-0.2, 0) is 12.8 Å². The standard InChI is InChI=1S/C44H41FN4O7/c45-35-22-29(24-37-43(53)49-27-38(30-13-16-32(50)17-14-30)47-36(41(49)48-37)23-28-10-6-5-7-11-28)12-19-39(35)55-21-9-4-2-1-3-8-20-46-42(52)34-25-31-15-18-33(51)26-40(31)56-44(34)54/h5-7,10-19,22,25-27,47,50-51H,1-4,8-9,20-21,23-24H2,(H,46,52). The van der Waals surface area contributed by atoms with Gasteiger partial charge in [0.05, 0.1) is 18.0 Å². The Balaban J connectivity index is 0.877. The number of aromatic amines is 1. The lowest BCUT2D eigenvalue weighted by Gasteiger charge is -2.13. The summed E-state index contributed by atoms with van der Waals surface area (Å²) >= 11 is 0. The maximum Gasteiger partial charge on any atom is 0.349 e. The second kappa shape index (κ2) is 17.2. The summed E-state index contributed by atoms with van der Waals surface area (Å²) < 4.78 is 27.6. The van der Waals surface area contributed by atoms with Crippen molar-refractivity contribution in [1.82, 2.24) is 19.9 Å². The van der Waals surface area contributed by atoms with Crippen LogP contribution >= 0.6 is 0 Å². The Kier molecular flexibility index (Phi) is 11.5. The van der Waals surface area contributed by atoms with Gasteiger partial charge in [-0.05, 0) is 84.1 Å². The second-order valence-corrected chi connectivity index (χ2v) is 13.7. The highest BCUT2D eigenvalue weighted by atomic mass is 19.1. The molecule has 56 heavy (non-hydrogen) atoms. The fourth-order valence-electron chi connectivity index (χ4n) is 6.64. The zero-order chi connectivity index (χ0) is 39.0. The Morgan fingerprint density at radius 1 is 0.821 bits per heavy atom. The molecular formula is C44H41FN4O7. The summed E-state index contributed by atoms with van der Waals surface area (Å²) in [5, 5.41) is 22.7. The van der Waals surface area contributed by atoms with Crippen molar-refractivity contribution in [3.63, 3.8) is 0 Å². The van der Waals surface area contributed by atoms with Crippen LogP contribution in [0.5, 0.6) is 17.2 Å². The molecule has 2 aliphatic heterocycles. The third kappa shape index (κ3) is 8.98. The molecule has 0 atom stereocenters. The van der Waals surface area contributed by atoms with E-state index in [1.54, 1.807) is 48.7 Å². The molecule has 0 aliphatic carbocycles. The molecule has 286 valence electrons. The average Bonchev–Trinajstić information content (AvgIpc) is 3.50. The fourth-order valence-corrected chi connectivity index (χ4v) is 6.64. The van der Waals surface area contributed by atoms with E-state index in [0.717, 1.165) is 55.3 Å². The van der Waals surface area contributed by atoms with Crippen molar-refractivity contribution in [3.05, 3.63) is 158 Å². The van der Waals surface area contributed by atoms with Gasteiger partial charge in [-0.25, -0.2) is 14.2 Å². The van der Waals surface area contributed by atoms with Crippen molar-refractivity contribution in [2.75, 3.05) is 13.2 Å². The van der Waals surface area contributed by atoms with Crippen molar-refractivity contribution < 1.29 is 28.6 Å². The van der Waals surface area contributed by atoms with Gasteiger partial charge in [0.1, 0.15) is 28.3 Å². The predicted molar refractivity (Wildman–Crippen MR) is 211 cm³/mol. The second-order valence-electron chi connectivity index (χ2n) is 13.7. The van der Waals surface area contributed by atoms with E-state index in [4.69, 9.17) is 14.1 Å². The zero-order valence-corrected chi connectivity index (χ0v) is 30.6. The molecular weight excluding hydrogens is 716 g/mol. The first-order valence-electron chi connectivity index (χ1n) is 18.6. The first-order valence-corrected chi connectivity index (χ1v) is 18.6. The molecule has 0 saturated carbocycles. The quantitative estimate of drug-likeness (QED) is 0.0578. The molecule has 0 bridgehead atoms. The molecule has 4 aromatic carbocycles. The molecule has 0 spiro atoms. The van der Waals surface area contributed by atoms with Crippen LogP contribution in [0.25, 0.3) is 28.0 Å². The van der Waals surface area contributed by atoms with Crippen LogP contribution in [-0.4, -0.2) is 43.8 Å². The highest BCUT2D eigenvalue weighted by Gasteiger charge is 2.21. The van der Waals surface area contributed by atoms with Gasteiger partial charge < -0.3 is 29.7 Å². The van der Waals surface area contributed by atoms with Crippen molar-refractivity contribution >= 4 is 16.9 Å². The molecule has 1 amide bonds. The Morgan fingerprint density at radius 2 is 1.57 bits per heavy atom. The Labute approximate surface area is 321 Å². The average molecular weight is 757 g/mol. The largest absolute Gasteiger partial charge is 0.508 e. The number of phenolic OH excluding ortho intramolecular Hbond substituents is 2. The van der Waals surface area contributed by atoms with Crippen LogP contribution in [0.4, 0.5) is 4.39 Å². The number of phenols is 2. The van der Waals surface area contributed by atoms with Gasteiger partial charge in [-0.1, -0.05) is 62.1 Å². The molecule has 12 heteroatoms. The van der Waals surface area contributed by atoms with Gasteiger partial charge in [0.2, 0.25) is 0 Å². The number of benzene rings is 4. The minimum Gasteiger partial charge on any atom is -0.508 e. The summed E-state index contributed by atoms with van der Waals surface area (Å²) in [6, 6.07) is 27.1. The number of carbonyl (C=O) groups is 1. The number of rotatable bonds is 16. The topological polar surface area (TPSA) is 160 Å². The number of imidazole rings is 1. The highest BCUT2D eigenvalue weighted by molar-refractivity contribution is 5.96. The fraction of sp³-hybridized carbons (Fsp3) is 0.227. The number of nitrogens with one attached hydrogen (secondary N) is 2. The Morgan fingerprint density at radius 3 is 2.36 bits per heavy atom. The van der Waals surface area contributed by atoms with Gasteiger partial charge in [-0.2, -0.15) is 0 Å². The van der Waals surface area contributed by atoms with E-state index in [2.05, 4.69) is 10.3 Å². The van der Waals surface area contributed by atoms with E-state index in [1.165, 1.54) is 28.8 Å². The van der Waals surface area contributed by atoms with Gasteiger partial charge in [-0.15, -0.1) is 0 Å². The number of amides is 1. The van der Waals surface area contributed by atoms with E-state index in [9.17, 15) is 24.6 Å². The van der Waals surface area contributed by atoms with Crippen molar-refractivity contribution in [2.24, 2.45) is 0 Å². The number of H-pyrrole nitrogens is 1. The highest BCUT2D eigenvalue weighted by Crippen LogP contribution is 2.26. The summed E-state index contributed by atoms with van der Waals surface area (Å²) in [4.78, 5) is 46.6. The lowest BCUT2D eigenvalue weighted by Crippen LogP contribution is -2.29. The number of hydrogen-bond acceptors (Lipinski definition) is 8. The number of fused-ring (bicyclic) bond motifs is 2. The Bertz CT molecular complexity index is 2540. The van der Waals surface area contributed by atoms with E-state index >= 15 is 4.39 Å². The van der Waals surface area contributed by atoms with Crippen LogP contribution in [0.1, 0.15) is 71.4 Å². The number of hydrogen-bond donors (Lipinski definition) is 4. The summed E-state index contributed by atoms with van der Waals surface area (Å²) in [5.74, 6) is -0.235. The van der Waals surface area contributed by atoms with Gasteiger partial charge in [0.25, 0.3) is 11.5 Å². The number of aromatic hydroxyl groups is 2. The molecule has 0 radical (unpaired) electrons. The van der Waals surface area contributed by atoms with Crippen LogP contribution < -0.4 is 21.2 Å². The molecule has 0 unspecified atom stereocenters. The molecule has 7 rings (SSSR count). The lowest BCUT2D eigenvalue weighted by molar-refractivity contribution is 0.0949. The number of carbonyl (C=O) groups excluding carboxylic acids is 1. The van der Waals surface area contributed by atoms with E-state index < -0.39 is 17.3 Å². The first kappa shape index (κ1) is 37.6. The molecule has 3 heterocycles. The Hall–Kier alpha value is -6.69. The van der Waals surface area contributed by atoms with Gasteiger partial charge in [0, 0.05) is 37.0 Å². The van der Waals surface area contributed by atoms with E-state index in [-0.39, 0.29) is 40.4 Å². The van der Waals surface area contributed by atoms with E-state index in [0.29, 0.717) is 47.7 Å².